The van der Waals surface area contributed by atoms with E-state index in [1.165, 1.54) is 10.6 Å². The normalized spacial score (nSPS) is 11.2. The lowest BCUT2D eigenvalue weighted by molar-refractivity contribution is 0.600. The lowest BCUT2D eigenvalue weighted by Crippen LogP contribution is -2.28. The highest BCUT2D eigenvalue weighted by molar-refractivity contribution is 7.92. The third-order valence-corrected chi connectivity index (χ3v) is 3.48. The fourth-order valence-corrected chi connectivity index (χ4v) is 2.95. The van der Waals surface area contributed by atoms with Crippen LogP contribution < -0.4 is 4.31 Å². The standard InChI is InChI=1S/C12H17NO2S/c1-9(2)13(16(5,14)15)12-10(3)7-6-8-11(12)4/h6-8H,1H2,2-5H3. The van der Waals surface area contributed by atoms with E-state index in [0.29, 0.717) is 11.4 Å². The zero-order valence-electron chi connectivity index (χ0n) is 10.1. The van der Waals surface area contributed by atoms with E-state index in [9.17, 15) is 8.42 Å². The number of hydrogen-bond acceptors (Lipinski definition) is 2. The first-order valence-electron chi connectivity index (χ1n) is 4.97. The monoisotopic (exact) mass is 239 g/mol. The van der Waals surface area contributed by atoms with Crippen molar-refractivity contribution in [3.8, 4) is 0 Å². The molecule has 0 bridgehead atoms. The van der Waals surface area contributed by atoms with Gasteiger partial charge in [-0.2, -0.15) is 0 Å². The van der Waals surface area contributed by atoms with Gasteiger partial charge in [-0.3, -0.25) is 0 Å². The topological polar surface area (TPSA) is 37.4 Å². The molecule has 4 heteroatoms. The summed E-state index contributed by atoms with van der Waals surface area (Å²) in [5.41, 5.74) is 3.05. The number of allylic oxidation sites excluding steroid dienone is 1. The highest BCUT2D eigenvalue weighted by Crippen LogP contribution is 2.29. The summed E-state index contributed by atoms with van der Waals surface area (Å²) >= 11 is 0. The zero-order chi connectivity index (χ0) is 12.5. The summed E-state index contributed by atoms with van der Waals surface area (Å²) in [5.74, 6) is 0. The van der Waals surface area contributed by atoms with Crippen molar-refractivity contribution in [3.05, 3.63) is 41.6 Å². The van der Waals surface area contributed by atoms with Gasteiger partial charge in [0.2, 0.25) is 10.0 Å². The maximum atomic E-state index is 11.7. The maximum Gasteiger partial charge on any atom is 0.236 e. The average Bonchev–Trinajstić information content (AvgIpc) is 2.08. The Hall–Kier alpha value is -1.29. The van der Waals surface area contributed by atoms with E-state index in [0.717, 1.165) is 11.1 Å². The molecule has 0 aromatic heterocycles. The van der Waals surface area contributed by atoms with E-state index in [4.69, 9.17) is 0 Å². The van der Waals surface area contributed by atoms with E-state index in [-0.39, 0.29) is 0 Å². The number of aryl methyl sites for hydroxylation is 2. The lowest BCUT2D eigenvalue weighted by Gasteiger charge is -2.25. The van der Waals surface area contributed by atoms with Crippen molar-refractivity contribution in [2.45, 2.75) is 20.8 Å². The Bertz CT molecular complexity index is 498. The first-order chi connectivity index (χ1) is 7.25. The van der Waals surface area contributed by atoms with E-state index in [1.54, 1.807) is 6.92 Å². The van der Waals surface area contributed by atoms with Crippen molar-refractivity contribution in [3.63, 3.8) is 0 Å². The van der Waals surface area contributed by atoms with Crippen molar-refractivity contribution >= 4 is 15.7 Å². The molecule has 3 nitrogen and oxygen atoms in total. The Balaban J connectivity index is 3.51. The van der Waals surface area contributed by atoms with Crippen molar-refractivity contribution in [1.82, 2.24) is 0 Å². The van der Waals surface area contributed by atoms with Crippen LogP contribution in [0.25, 0.3) is 0 Å². The third kappa shape index (κ3) is 2.44. The highest BCUT2D eigenvalue weighted by Gasteiger charge is 2.21. The molecule has 0 unspecified atom stereocenters. The molecule has 88 valence electrons. The van der Waals surface area contributed by atoms with Crippen LogP contribution in [0.4, 0.5) is 5.69 Å². The van der Waals surface area contributed by atoms with Gasteiger partial charge in [-0.25, -0.2) is 12.7 Å². The van der Waals surface area contributed by atoms with Crippen LogP contribution in [0.5, 0.6) is 0 Å². The lowest BCUT2D eigenvalue weighted by atomic mass is 10.1. The summed E-state index contributed by atoms with van der Waals surface area (Å²) in [7, 11) is -3.33. The number of para-hydroxylation sites is 1. The van der Waals surface area contributed by atoms with Gasteiger partial charge in [-0.1, -0.05) is 24.8 Å². The molecule has 0 N–H and O–H groups in total. The molecule has 1 aromatic carbocycles. The first-order valence-corrected chi connectivity index (χ1v) is 6.82. The molecular weight excluding hydrogens is 222 g/mol. The molecular formula is C12H17NO2S. The Morgan fingerprint density at radius 3 is 2.00 bits per heavy atom. The number of hydrogen-bond donors (Lipinski definition) is 0. The Morgan fingerprint density at radius 1 is 1.25 bits per heavy atom. The van der Waals surface area contributed by atoms with E-state index < -0.39 is 10.0 Å². The van der Waals surface area contributed by atoms with E-state index in [2.05, 4.69) is 6.58 Å². The molecule has 0 saturated carbocycles. The molecule has 0 amide bonds. The first kappa shape index (κ1) is 12.8. The SMILES string of the molecule is C=C(C)N(c1c(C)cccc1C)S(C)(=O)=O. The van der Waals surface area contributed by atoms with Crippen molar-refractivity contribution in [2.75, 3.05) is 10.6 Å². The van der Waals surface area contributed by atoms with Gasteiger partial charge in [-0.15, -0.1) is 0 Å². The van der Waals surface area contributed by atoms with Gasteiger partial charge in [0, 0.05) is 5.70 Å². The Kier molecular flexibility index (Phi) is 3.43. The van der Waals surface area contributed by atoms with Gasteiger partial charge >= 0.3 is 0 Å². The fraction of sp³-hybridized carbons (Fsp3) is 0.333. The third-order valence-electron chi connectivity index (χ3n) is 2.32. The minimum absolute atomic E-state index is 0.500. The van der Waals surface area contributed by atoms with Gasteiger partial charge in [0.25, 0.3) is 0 Å². The summed E-state index contributed by atoms with van der Waals surface area (Å²) < 4.78 is 24.8. The molecule has 0 aliphatic rings. The Labute approximate surface area is 97.5 Å². The van der Waals surface area contributed by atoms with Crippen molar-refractivity contribution < 1.29 is 8.42 Å². The number of nitrogens with zero attached hydrogens (tertiary/aromatic N) is 1. The number of rotatable bonds is 3. The molecule has 0 saturated heterocycles. The molecule has 0 heterocycles. The highest BCUT2D eigenvalue weighted by atomic mass is 32.2. The van der Waals surface area contributed by atoms with Crippen LogP contribution in [-0.2, 0) is 10.0 Å². The summed E-state index contributed by atoms with van der Waals surface area (Å²) in [4.78, 5) is 0. The van der Waals surface area contributed by atoms with Crippen LogP contribution in [0.1, 0.15) is 18.1 Å². The predicted octanol–water partition coefficient (Wildman–Crippen LogP) is 2.60. The second kappa shape index (κ2) is 4.29. The van der Waals surface area contributed by atoms with Crippen LogP contribution in [0.2, 0.25) is 0 Å². The molecule has 1 aromatic rings. The Morgan fingerprint density at radius 2 is 1.69 bits per heavy atom. The van der Waals surface area contributed by atoms with Gasteiger partial charge in [0.1, 0.15) is 0 Å². The molecule has 0 spiro atoms. The smallest absolute Gasteiger partial charge is 0.236 e. The second-order valence-corrected chi connectivity index (χ2v) is 5.83. The summed E-state index contributed by atoms with van der Waals surface area (Å²) in [5, 5.41) is 0. The largest absolute Gasteiger partial charge is 0.243 e. The van der Waals surface area contributed by atoms with Gasteiger partial charge < -0.3 is 0 Å². The summed E-state index contributed by atoms with van der Waals surface area (Å²) in [6, 6.07) is 5.69. The number of anilines is 1. The van der Waals surface area contributed by atoms with Crippen LogP contribution >= 0.6 is 0 Å². The second-order valence-electron chi connectivity index (χ2n) is 4.00. The van der Waals surface area contributed by atoms with Gasteiger partial charge in [0.05, 0.1) is 11.9 Å². The molecule has 0 aliphatic carbocycles. The summed E-state index contributed by atoms with van der Waals surface area (Å²) in [6.45, 7) is 9.20. The van der Waals surface area contributed by atoms with Crippen LogP contribution in [0.3, 0.4) is 0 Å². The van der Waals surface area contributed by atoms with Crippen LogP contribution in [0.15, 0.2) is 30.5 Å². The number of sulfonamides is 1. The fourth-order valence-electron chi connectivity index (χ4n) is 1.77. The quantitative estimate of drug-likeness (QED) is 0.813. The average molecular weight is 239 g/mol. The molecule has 16 heavy (non-hydrogen) atoms. The van der Waals surface area contributed by atoms with Crippen LogP contribution in [0, 0.1) is 13.8 Å². The van der Waals surface area contributed by atoms with E-state index in [1.807, 2.05) is 32.0 Å². The predicted molar refractivity (Wildman–Crippen MR) is 68.1 cm³/mol. The van der Waals surface area contributed by atoms with Gasteiger partial charge in [0.15, 0.2) is 0 Å². The molecule has 1 rings (SSSR count). The maximum absolute atomic E-state index is 11.7. The molecule has 0 fully saturated rings. The van der Waals surface area contributed by atoms with Crippen molar-refractivity contribution in [2.24, 2.45) is 0 Å². The van der Waals surface area contributed by atoms with Gasteiger partial charge in [-0.05, 0) is 31.9 Å². The molecule has 0 aliphatic heterocycles. The molecule has 0 radical (unpaired) electrons. The van der Waals surface area contributed by atoms with Crippen LogP contribution in [-0.4, -0.2) is 14.7 Å². The summed E-state index contributed by atoms with van der Waals surface area (Å²) in [6.07, 6.45) is 1.19. The minimum atomic E-state index is -3.33. The van der Waals surface area contributed by atoms with E-state index >= 15 is 0 Å². The zero-order valence-corrected chi connectivity index (χ0v) is 10.9. The molecule has 0 atom stereocenters. The van der Waals surface area contributed by atoms with Crippen molar-refractivity contribution in [1.29, 1.82) is 0 Å². The minimum Gasteiger partial charge on any atom is -0.243 e. The number of benzene rings is 1.